The quantitative estimate of drug-likeness (QED) is 0.692. The summed E-state index contributed by atoms with van der Waals surface area (Å²) in [6.45, 7) is 6.56. The summed E-state index contributed by atoms with van der Waals surface area (Å²) >= 11 is 0. The van der Waals surface area contributed by atoms with Crippen molar-refractivity contribution >= 4 is 11.9 Å². The van der Waals surface area contributed by atoms with Crippen LogP contribution in [0.2, 0.25) is 0 Å². The maximum Gasteiger partial charge on any atom is 0.304 e. The number of carbonyl (C=O) groups is 2. The third kappa shape index (κ3) is 7.45. The van der Waals surface area contributed by atoms with Crippen LogP contribution in [0, 0.1) is 0 Å². The highest BCUT2D eigenvalue weighted by molar-refractivity contribution is 5.76. The summed E-state index contributed by atoms with van der Waals surface area (Å²) in [6.07, 6.45) is 2.66. The van der Waals surface area contributed by atoms with Crippen LogP contribution in [0.3, 0.4) is 0 Å². The van der Waals surface area contributed by atoms with E-state index in [1.54, 1.807) is 0 Å². The molecule has 1 rings (SSSR count). The predicted octanol–water partition coefficient (Wildman–Crippen LogP) is 0.857. The van der Waals surface area contributed by atoms with Crippen LogP contribution in [0.25, 0.3) is 0 Å². The van der Waals surface area contributed by atoms with E-state index in [0.717, 1.165) is 25.9 Å². The molecule has 0 spiro atoms. The zero-order valence-corrected chi connectivity index (χ0v) is 12.4. The van der Waals surface area contributed by atoms with Gasteiger partial charge in [0.1, 0.15) is 0 Å². The van der Waals surface area contributed by atoms with Crippen LogP contribution in [0.15, 0.2) is 0 Å². The second kappa shape index (κ2) is 8.92. The fourth-order valence-electron chi connectivity index (χ4n) is 2.32. The van der Waals surface area contributed by atoms with Crippen molar-refractivity contribution in [2.45, 2.75) is 51.7 Å². The van der Waals surface area contributed by atoms with E-state index in [0.29, 0.717) is 19.6 Å². The Balaban J connectivity index is 2.17. The van der Waals surface area contributed by atoms with Gasteiger partial charge in [-0.1, -0.05) is 0 Å². The summed E-state index contributed by atoms with van der Waals surface area (Å²) in [5.41, 5.74) is 0. The molecule has 6 nitrogen and oxygen atoms in total. The van der Waals surface area contributed by atoms with E-state index in [9.17, 15) is 9.59 Å². The van der Waals surface area contributed by atoms with Crippen molar-refractivity contribution in [2.24, 2.45) is 0 Å². The molecule has 1 aliphatic heterocycles. The molecular formula is C14H26N2O4. The van der Waals surface area contributed by atoms with Gasteiger partial charge < -0.3 is 20.1 Å². The standard InChI is InChI=1S/C14H26N2O4/c1-11(2)15-13(17)6-9-20-12-4-3-7-16(10-12)8-5-14(18)19/h11-12H,3-10H2,1-2H3,(H,15,17)(H,18,19). The molecule has 0 aromatic carbocycles. The second-order valence-corrected chi connectivity index (χ2v) is 5.55. The van der Waals surface area contributed by atoms with Gasteiger partial charge >= 0.3 is 5.97 Å². The molecule has 0 bridgehead atoms. The molecule has 2 N–H and O–H groups in total. The number of piperidine rings is 1. The normalized spacial score (nSPS) is 20.1. The molecule has 1 fully saturated rings. The van der Waals surface area contributed by atoms with Crippen LogP contribution in [0.5, 0.6) is 0 Å². The number of nitrogens with zero attached hydrogens (tertiary/aromatic N) is 1. The summed E-state index contributed by atoms with van der Waals surface area (Å²) in [5.74, 6) is -0.753. The summed E-state index contributed by atoms with van der Waals surface area (Å²) in [6, 6.07) is 0.156. The molecule has 1 aliphatic rings. The van der Waals surface area contributed by atoms with Gasteiger partial charge in [-0.3, -0.25) is 9.59 Å². The van der Waals surface area contributed by atoms with Gasteiger partial charge in [0.25, 0.3) is 0 Å². The Kier molecular flexibility index (Phi) is 7.54. The molecule has 0 aromatic rings. The molecule has 6 heteroatoms. The largest absolute Gasteiger partial charge is 0.481 e. The van der Waals surface area contributed by atoms with E-state index in [1.807, 2.05) is 13.8 Å². The zero-order valence-electron chi connectivity index (χ0n) is 12.4. The molecule has 1 amide bonds. The van der Waals surface area contributed by atoms with E-state index in [2.05, 4.69) is 10.2 Å². The minimum atomic E-state index is -0.765. The number of aliphatic carboxylic acids is 1. The molecule has 116 valence electrons. The first kappa shape index (κ1) is 16.9. The Hall–Kier alpha value is -1.14. The maximum absolute atomic E-state index is 11.5. The molecule has 1 heterocycles. The first-order chi connectivity index (χ1) is 9.47. The fraction of sp³-hybridized carbons (Fsp3) is 0.857. The molecule has 0 aliphatic carbocycles. The lowest BCUT2D eigenvalue weighted by molar-refractivity contribution is -0.137. The highest BCUT2D eigenvalue weighted by Crippen LogP contribution is 2.13. The summed E-state index contributed by atoms with van der Waals surface area (Å²) in [5, 5.41) is 11.5. The van der Waals surface area contributed by atoms with Gasteiger partial charge in [0.05, 0.1) is 19.1 Å². The van der Waals surface area contributed by atoms with Crippen molar-refractivity contribution in [3.8, 4) is 0 Å². The second-order valence-electron chi connectivity index (χ2n) is 5.55. The third-order valence-electron chi connectivity index (χ3n) is 3.24. The van der Waals surface area contributed by atoms with Crippen molar-refractivity contribution < 1.29 is 19.4 Å². The number of rotatable bonds is 8. The first-order valence-corrected chi connectivity index (χ1v) is 7.32. The highest BCUT2D eigenvalue weighted by atomic mass is 16.5. The molecule has 1 saturated heterocycles. The Morgan fingerprint density at radius 2 is 2.15 bits per heavy atom. The summed E-state index contributed by atoms with van der Waals surface area (Å²) in [7, 11) is 0. The minimum Gasteiger partial charge on any atom is -0.481 e. The highest BCUT2D eigenvalue weighted by Gasteiger charge is 2.20. The van der Waals surface area contributed by atoms with Crippen LogP contribution in [0.1, 0.15) is 39.5 Å². The number of hydrogen-bond acceptors (Lipinski definition) is 4. The van der Waals surface area contributed by atoms with Gasteiger partial charge in [0.2, 0.25) is 5.91 Å². The van der Waals surface area contributed by atoms with Crippen molar-refractivity contribution in [2.75, 3.05) is 26.2 Å². The van der Waals surface area contributed by atoms with Gasteiger partial charge in [-0.05, 0) is 33.2 Å². The predicted molar refractivity (Wildman–Crippen MR) is 75.6 cm³/mol. The van der Waals surface area contributed by atoms with Crippen LogP contribution in [0.4, 0.5) is 0 Å². The SMILES string of the molecule is CC(C)NC(=O)CCOC1CCCN(CCC(=O)O)C1. The number of hydrogen-bond donors (Lipinski definition) is 2. The zero-order chi connectivity index (χ0) is 15.0. The van der Waals surface area contributed by atoms with Crippen molar-refractivity contribution in [3.63, 3.8) is 0 Å². The number of carbonyl (C=O) groups excluding carboxylic acids is 1. The van der Waals surface area contributed by atoms with Gasteiger partial charge in [0.15, 0.2) is 0 Å². The Morgan fingerprint density at radius 3 is 2.80 bits per heavy atom. The monoisotopic (exact) mass is 286 g/mol. The van der Waals surface area contributed by atoms with Gasteiger partial charge in [-0.15, -0.1) is 0 Å². The number of amides is 1. The number of ether oxygens (including phenoxy) is 1. The molecular weight excluding hydrogens is 260 g/mol. The topological polar surface area (TPSA) is 78.9 Å². The van der Waals surface area contributed by atoms with Crippen molar-refractivity contribution in [1.29, 1.82) is 0 Å². The van der Waals surface area contributed by atoms with E-state index < -0.39 is 5.97 Å². The van der Waals surface area contributed by atoms with Crippen LogP contribution in [-0.4, -0.2) is 60.3 Å². The third-order valence-corrected chi connectivity index (χ3v) is 3.24. The lowest BCUT2D eigenvalue weighted by Gasteiger charge is -2.32. The summed E-state index contributed by atoms with van der Waals surface area (Å²) < 4.78 is 5.72. The molecule has 1 unspecified atom stereocenters. The molecule has 0 saturated carbocycles. The average Bonchev–Trinajstić information content (AvgIpc) is 2.36. The van der Waals surface area contributed by atoms with Crippen LogP contribution >= 0.6 is 0 Å². The van der Waals surface area contributed by atoms with Gasteiger partial charge in [0, 0.05) is 25.6 Å². The van der Waals surface area contributed by atoms with Crippen LogP contribution in [-0.2, 0) is 14.3 Å². The minimum absolute atomic E-state index is 0.0125. The van der Waals surface area contributed by atoms with E-state index in [-0.39, 0.29) is 24.5 Å². The number of carboxylic acids is 1. The summed E-state index contributed by atoms with van der Waals surface area (Å²) in [4.78, 5) is 24.1. The van der Waals surface area contributed by atoms with Gasteiger partial charge in [-0.2, -0.15) is 0 Å². The van der Waals surface area contributed by atoms with E-state index >= 15 is 0 Å². The van der Waals surface area contributed by atoms with Crippen molar-refractivity contribution in [3.05, 3.63) is 0 Å². The smallest absolute Gasteiger partial charge is 0.304 e. The molecule has 1 atom stereocenters. The Labute approximate surface area is 120 Å². The lowest BCUT2D eigenvalue weighted by atomic mass is 10.1. The fourth-order valence-corrected chi connectivity index (χ4v) is 2.32. The molecule has 0 aromatic heterocycles. The molecule has 0 radical (unpaired) electrons. The van der Waals surface area contributed by atoms with Gasteiger partial charge in [-0.25, -0.2) is 0 Å². The molecule has 20 heavy (non-hydrogen) atoms. The number of carboxylic acid groups (broad SMARTS) is 1. The van der Waals surface area contributed by atoms with Crippen LogP contribution < -0.4 is 5.32 Å². The van der Waals surface area contributed by atoms with Crippen molar-refractivity contribution in [1.82, 2.24) is 10.2 Å². The maximum atomic E-state index is 11.5. The van der Waals surface area contributed by atoms with E-state index in [4.69, 9.17) is 9.84 Å². The number of nitrogens with one attached hydrogen (secondary N) is 1. The number of likely N-dealkylation sites (tertiary alicyclic amines) is 1. The Morgan fingerprint density at radius 1 is 1.40 bits per heavy atom. The Bertz CT molecular complexity index is 320. The average molecular weight is 286 g/mol. The first-order valence-electron chi connectivity index (χ1n) is 7.32. The lowest BCUT2D eigenvalue weighted by Crippen LogP contribution is -2.41. The van der Waals surface area contributed by atoms with E-state index in [1.165, 1.54) is 0 Å².